The van der Waals surface area contributed by atoms with Crippen LogP contribution in [0, 0.1) is 5.92 Å². The summed E-state index contributed by atoms with van der Waals surface area (Å²) in [6.07, 6.45) is 6.50. The molecule has 0 aliphatic heterocycles. The lowest BCUT2D eigenvalue weighted by Crippen LogP contribution is -2.18. The maximum Gasteiger partial charge on any atom is 0.0825 e. The van der Waals surface area contributed by atoms with Crippen LogP contribution in [0.1, 0.15) is 6.92 Å². The van der Waals surface area contributed by atoms with Gasteiger partial charge in [0.05, 0.1) is 6.10 Å². The first-order chi connectivity index (χ1) is 4.74. The molecule has 0 saturated heterocycles. The van der Waals surface area contributed by atoms with Crippen molar-refractivity contribution in [3.8, 4) is 0 Å². The van der Waals surface area contributed by atoms with Gasteiger partial charge in [-0.05, 0) is 6.08 Å². The summed E-state index contributed by atoms with van der Waals surface area (Å²) in [5.74, 6) is 0.492. The molecule has 1 nitrogen and oxygen atoms in total. The SMILES string of the molecule is COC1C=C(Br)C=CC1C. The highest BCUT2D eigenvalue weighted by molar-refractivity contribution is 9.11. The number of allylic oxidation sites excluding steroid dienone is 2. The van der Waals surface area contributed by atoms with E-state index in [1.807, 2.05) is 0 Å². The molecule has 56 valence electrons. The molecule has 1 aliphatic carbocycles. The zero-order chi connectivity index (χ0) is 7.56. The van der Waals surface area contributed by atoms with Gasteiger partial charge in [0, 0.05) is 17.5 Å². The molecule has 0 radical (unpaired) electrons. The Kier molecular flexibility index (Phi) is 2.69. The second kappa shape index (κ2) is 3.35. The maximum atomic E-state index is 5.22. The van der Waals surface area contributed by atoms with E-state index in [0.29, 0.717) is 5.92 Å². The molecule has 0 spiro atoms. The molecule has 1 aliphatic rings. The second-order valence-electron chi connectivity index (χ2n) is 2.47. The quantitative estimate of drug-likeness (QED) is 0.636. The fourth-order valence-corrected chi connectivity index (χ4v) is 1.41. The van der Waals surface area contributed by atoms with Crippen LogP contribution in [0.3, 0.4) is 0 Å². The lowest BCUT2D eigenvalue weighted by atomic mass is 10.0. The Hall–Kier alpha value is -0.0800. The molecule has 1 rings (SSSR count). The summed E-state index contributed by atoms with van der Waals surface area (Å²) in [6, 6.07) is 0. The van der Waals surface area contributed by atoms with E-state index in [1.165, 1.54) is 0 Å². The van der Waals surface area contributed by atoms with Crippen molar-refractivity contribution in [2.75, 3.05) is 7.11 Å². The minimum Gasteiger partial charge on any atom is -0.377 e. The first-order valence-corrected chi connectivity index (χ1v) is 4.11. The van der Waals surface area contributed by atoms with Crippen molar-refractivity contribution < 1.29 is 4.74 Å². The highest BCUT2D eigenvalue weighted by Crippen LogP contribution is 2.21. The van der Waals surface area contributed by atoms with Gasteiger partial charge in [-0.15, -0.1) is 0 Å². The van der Waals surface area contributed by atoms with Crippen LogP contribution in [0.4, 0.5) is 0 Å². The van der Waals surface area contributed by atoms with Crippen LogP contribution in [-0.2, 0) is 4.74 Å². The summed E-state index contributed by atoms with van der Waals surface area (Å²) in [7, 11) is 1.73. The third kappa shape index (κ3) is 1.70. The number of ether oxygens (including phenoxy) is 1. The summed E-state index contributed by atoms with van der Waals surface area (Å²) in [5.41, 5.74) is 0. The monoisotopic (exact) mass is 202 g/mol. The average Bonchev–Trinajstić information content (AvgIpc) is 1.94. The van der Waals surface area contributed by atoms with Gasteiger partial charge in [-0.3, -0.25) is 0 Å². The van der Waals surface area contributed by atoms with Crippen molar-refractivity contribution in [2.24, 2.45) is 5.92 Å². The lowest BCUT2D eigenvalue weighted by molar-refractivity contribution is 0.111. The summed E-state index contributed by atoms with van der Waals surface area (Å²) in [6.45, 7) is 2.14. The van der Waals surface area contributed by atoms with E-state index in [4.69, 9.17) is 4.74 Å². The molecule has 0 N–H and O–H groups in total. The van der Waals surface area contributed by atoms with Crippen LogP contribution in [0.25, 0.3) is 0 Å². The minimum atomic E-state index is 0.236. The fourth-order valence-electron chi connectivity index (χ4n) is 1.00. The molecule has 0 aromatic rings. The minimum absolute atomic E-state index is 0.236. The normalized spacial score (nSPS) is 32.1. The van der Waals surface area contributed by atoms with E-state index >= 15 is 0 Å². The number of methoxy groups -OCH3 is 1. The lowest BCUT2D eigenvalue weighted by Gasteiger charge is -2.19. The van der Waals surface area contributed by atoms with E-state index in [0.717, 1.165) is 4.48 Å². The topological polar surface area (TPSA) is 9.23 Å². The van der Waals surface area contributed by atoms with Crippen molar-refractivity contribution in [3.63, 3.8) is 0 Å². The number of hydrogen-bond acceptors (Lipinski definition) is 1. The molecule has 0 heterocycles. The van der Waals surface area contributed by atoms with Crippen LogP contribution < -0.4 is 0 Å². The molecule has 0 aromatic carbocycles. The van der Waals surface area contributed by atoms with E-state index in [2.05, 4.69) is 41.1 Å². The standard InChI is InChI=1S/C8H11BrO/c1-6-3-4-7(9)5-8(6)10-2/h3-6,8H,1-2H3. The highest BCUT2D eigenvalue weighted by atomic mass is 79.9. The fraction of sp³-hybridized carbons (Fsp3) is 0.500. The van der Waals surface area contributed by atoms with E-state index in [9.17, 15) is 0 Å². The smallest absolute Gasteiger partial charge is 0.0825 e. The summed E-state index contributed by atoms with van der Waals surface area (Å²) < 4.78 is 6.32. The van der Waals surface area contributed by atoms with Gasteiger partial charge < -0.3 is 4.74 Å². The first kappa shape index (κ1) is 8.02. The first-order valence-electron chi connectivity index (χ1n) is 3.32. The van der Waals surface area contributed by atoms with Crippen LogP contribution in [0.15, 0.2) is 22.7 Å². The van der Waals surface area contributed by atoms with Crippen LogP contribution in [-0.4, -0.2) is 13.2 Å². The third-order valence-corrected chi connectivity index (χ3v) is 2.20. The van der Waals surface area contributed by atoms with Gasteiger partial charge in [-0.1, -0.05) is 35.0 Å². The molecular formula is C8H11BrO. The summed E-state index contributed by atoms with van der Waals surface area (Å²) in [4.78, 5) is 0. The molecule has 2 unspecified atom stereocenters. The molecule has 0 aromatic heterocycles. The Labute approximate surface area is 69.9 Å². The van der Waals surface area contributed by atoms with Crippen molar-refractivity contribution >= 4 is 15.9 Å². The molecule has 0 bridgehead atoms. The number of hydrogen-bond donors (Lipinski definition) is 0. The molecule has 2 heteroatoms. The molecule has 0 saturated carbocycles. The van der Waals surface area contributed by atoms with E-state index < -0.39 is 0 Å². The van der Waals surface area contributed by atoms with Gasteiger partial charge in [0.1, 0.15) is 0 Å². The van der Waals surface area contributed by atoms with E-state index in [-0.39, 0.29) is 6.10 Å². The molecule has 0 amide bonds. The van der Waals surface area contributed by atoms with Gasteiger partial charge in [-0.25, -0.2) is 0 Å². The zero-order valence-corrected chi connectivity index (χ0v) is 7.76. The summed E-state index contributed by atoms with van der Waals surface area (Å²) >= 11 is 3.39. The molecule has 2 atom stereocenters. The Morgan fingerprint density at radius 3 is 2.80 bits per heavy atom. The number of rotatable bonds is 1. The molecule has 0 fully saturated rings. The largest absolute Gasteiger partial charge is 0.377 e. The second-order valence-corrected chi connectivity index (χ2v) is 3.39. The predicted molar refractivity (Wildman–Crippen MR) is 46.1 cm³/mol. The Bertz CT molecular complexity index is 172. The van der Waals surface area contributed by atoms with Gasteiger partial charge in [0.15, 0.2) is 0 Å². The Morgan fingerprint density at radius 1 is 1.60 bits per heavy atom. The number of halogens is 1. The van der Waals surface area contributed by atoms with Crippen molar-refractivity contribution in [2.45, 2.75) is 13.0 Å². The maximum absolute atomic E-state index is 5.22. The predicted octanol–water partition coefficient (Wildman–Crippen LogP) is 2.49. The summed E-state index contributed by atoms with van der Waals surface area (Å²) in [5, 5.41) is 0. The Balaban J connectivity index is 2.67. The van der Waals surface area contributed by atoms with Crippen LogP contribution in [0.2, 0.25) is 0 Å². The van der Waals surface area contributed by atoms with Crippen molar-refractivity contribution in [1.82, 2.24) is 0 Å². The zero-order valence-electron chi connectivity index (χ0n) is 6.17. The average molecular weight is 203 g/mol. The molecule has 10 heavy (non-hydrogen) atoms. The van der Waals surface area contributed by atoms with Gasteiger partial charge in [0.2, 0.25) is 0 Å². The van der Waals surface area contributed by atoms with Gasteiger partial charge in [0.25, 0.3) is 0 Å². The van der Waals surface area contributed by atoms with Crippen molar-refractivity contribution in [1.29, 1.82) is 0 Å². The van der Waals surface area contributed by atoms with Gasteiger partial charge >= 0.3 is 0 Å². The molecular weight excluding hydrogens is 192 g/mol. The third-order valence-electron chi connectivity index (χ3n) is 1.67. The van der Waals surface area contributed by atoms with Crippen LogP contribution in [0.5, 0.6) is 0 Å². The van der Waals surface area contributed by atoms with Gasteiger partial charge in [-0.2, -0.15) is 0 Å². The highest BCUT2D eigenvalue weighted by Gasteiger charge is 2.14. The van der Waals surface area contributed by atoms with E-state index in [1.54, 1.807) is 7.11 Å². The van der Waals surface area contributed by atoms with Crippen molar-refractivity contribution in [3.05, 3.63) is 22.7 Å². The van der Waals surface area contributed by atoms with Crippen LogP contribution >= 0.6 is 15.9 Å². The Morgan fingerprint density at radius 2 is 2.30 bits per heavy atom.